The van der Waals surface area contributed by atoms with Gasteiger partial charge in [-0.25, -0.2) is 0 Å². The Morgan fingerprint density at radius 3 is 2.50 bits per heavy atom. The largest absolute Gasteiger partial charge is 0.341 e. The minimum absolute atomic E-state index is 0.0470. The Hall–Kier alpha value is -0.660. The van der Waals surface area contributed by atoms with E-state index in [1.807, 2.05) is 13.8 Å². The van der Waals surface area contributed by atoms with E-state index in [-0.39, 0.29) is 17.9 Å². The van der Waals surface area contributed by atoms with E-state index in [1.54, 1.807) is 4.90 Å². The molecule has 1 amide bonds. The fourth-order valence-corrected chi connectivity index (χ4v) is 2.78. The summed E-state index contributed by atoms with van der Waals surface area (Å²) in [5, 5.41) is 0. The molecule has 7 heteroatoms. The van der Waals surface area contributed by atoms with Gasteiger partial charge in [0.1, 0.15) is 0 Å². The van der Waals surface area contributed by atoms with Crippen LogP contribution in [0.2, 0.25) is 0 Å². The molecule has 1 heterocycles. The smallest absolute Gasteiger partial charge is 0.279 e. The number of hydrogen-bond donors (Lipinski definition) is 1. The van der Waals surface area contributed by atoms with Gasteiger partial charge >= 0.3 is 0 Å². The number of nitrogens with zero attached hydrogens (tertiary/aromatic N) is 2. The third-order valence-corrected chi connectivity index (χ3v) is 4.62. The van der Waals surface area contributed by atoms with Gasteiger partial charge in [-0.3, -0.25) is 4.79 Å². The summed E-state index contributed by atoms with van der Waals surface area (Å²) < 4.78 is 27.2. The molecule has 106 valence electrons. The second-order valence-electron chi connectivity index (χ2n) is 5.18. The third kappa shape index (κ3) is 3.93. The van der Waals surface area contributed by atoms with Crippen molar-refractivity contribution < 1.29 is 13.2 Å². The molecule has 0 bridgehead atoms. The third-order valence-electron chi connectivity index (χ3n) is 3.02. The van der Waals surface area contributed by atoms with Crippen molar-refractivity contribution in [2.45, 2.75) is 32.7 Å². The second-order valence-corrected chi connectivity index (χ2v) is 7.10. The Morgan fingerprint density at radius 1 is 1.39 bits per heavy atom. The van der Waals surface area contributed by atoms with Crippen molar-refractivity contribution in [2.75, 3.05) is 27.2 Å². The maximum Gasteiger partial charge on any atom is 0.279 e. The van der Waals surface area contributed by atoms with Crippen molar-refractivity contribution in [3.63, 3.8) is 0 Å². The molecular formula is C11H23N3O3S. The van der Waals surface area contributed by atoms with E-state index in [9.17, 15) is 13.2 Å². The summed E-state index contributed by atoms with van der Waals surface area (Å²) in [5.74, 6) is 0.0398. The first-order valence-corrected chi connectivity index (χ1v) is 7.66. The highest BCUT2D eigenvalue weighted by Crippen LogP contribution is 2.14. The van der Waals surface area contributed by atoms with Crippen LogP contribution in [0.4, 0.5) is 0 Å². The van der Waals surface area contributed by atoms with Gasteiger partial charge in [-0.05, 0) is 12.8 Å². The van der Waals surface area contributed by atoms with Gasteiger partial charge < -0.3 is 4.90 Å². The van der Waals surface area contributed by atoms with Crippen LogP contribution in [0, 0.1) is 5.92 Å². The van der Waals surface area contributed by atoms with Crippen molar-refractivity contribution >= 4 is 16.1 Å². The molecule has 0 aromatic rings. The Kier molecular flexibility index (Phi) is 5.12. The Morgan fingerprint density at radius 2 is 2.00 bits per heavy atom. The van der Waals surface area contributed by atoms with Crippen molar-refractivity contribution in [1.82, 2.24) is 13.9 Å². The summed E-state index contributed by atoms with van der Waals surface area (Å²) in [6, 6.07) is -0.186. The highest BCUT2D eigenvalue weighted by atomic mass is 32.2. The molecule has 1 aliphatic heterocycles. The van der Waals surface area contributed by atoms with E-state index in [1.165, 1.54) is 14.1 Å². The van der Waals surface area contributed by atoms with Crippen LogP contribution in [-0.2, 0) is 15.0 Å². The van der Waals surface area contributed by atoms with Gasteiger partial charge in [0.25, 0.3) is 10.2 Å². The van der Waals surface area contributed by atoms with Crippen molar-refractivity contribution in [1.29, 1.82) is 0 Å². The van der Waals surface area contributed by atoms with Crippen LogP contribution in [0.15, 0.2) is 0 Å². The van der Waals surface area contributed by atoms with Crippen LogP contribution in [0.3, 0.4) is 0 Å². The molecule has 1 fully saturated rings. The van der Waals surface area contributed by atoms with E-state index >= 15 is 0 Å². The van der Waals surface area contributed by atoms with Gasteiger partial charge in [0, 0.05) is 39.1 Å². The van der Waals surface area contributed by atoms with Gasteiger partial charge in [0.2, 0.25) is 5.91 Å². The molecule has 0 aliphatic carbocycles. The summed E-state index contributed by atoms with van der Waals surface area (Å²) in [7, 11) is -0.445. The molecule has 0 radical (unpaired) electrons. The lowest BCUT2D eigenvalue weighted by Gasteiger charge is -2.34. The minimum atomic E-state index is -3.42. The number of piperidine rings is 1. The van der Waals surface area contributed by atoms with E-state index in [0.717, 1.165) is 23.7 Å². The lowest BCUT2D eigenvalue weighted by Crippen LogP contribution is -2.52. The van der Waals surface area contributed by atoms with E-state index in [4.69, 9.17) is 0 Å². The molecule has 0 aromatic carbocycles. The first-order chi connectivity index (χ1) is 8.24. The Balaban J connectivity index is 2.63. The number of carbonyl (C=O) groups excluding carboxylic acids is 1. The van der Waals surface area contributed by atoms with E-state index in [2.05, 4.69) is 4.72 Å². The van der Waals surface area contributed by atoms with E-state index in [0.29, 0.717) is 6.54 Å². The summed E-state index contributed by atoms with van der Waals surface area (Å²) in [5.41, 5.74) is 0. The van der Waals surface area contributed by atoms with Crippen LogP contribution in [0.1, 0.15) is 26.7 Å². The highest BCUT2D eigenvalue weighted by molar-refractivity contribution is 7.87. The average Bonchev–Trinajstić information content (AvgIpc) is 2.27. The summed E-state index contributed by atoms with van der Waals surface area (Å²) in [6.45, 7) is 4.90. The first kappa shape index (κ1) is 15.4. The van der Waals surface area contributed by atoms with Crippen molar-refractivity contribution in [3.05, 3.63) is 0 Å². The summed E-state index contributed by atoms with van der Waals surface area (Å²) in [6.07, 6.45) is 1.61. The lowest BCUT2D eigenvalue weighted by atomic mass is 10.0. The van der Waals surface area contributed by atoms with Crippen LogP contribution in [0.5, 0.6) is 0 Å². The molecule has 0 unspecified atom stereocenters. The highest BCUT2D eigenvalue weighted by Gasteiger charge is 2.28. The van der Waals surface area contributed by atoms with Gasteiger partial charge in [-0.15, -0.1) is 0 Å². The molecule has 0 aromatic heterocycles. The molecular weight excluding hydrogens is 254 g/mol. The fourth-order valence-electron chi connectivity index (χ4n) is 1.95. The SMILES string of the molecule is CC(C)C(=O)N1CCC[C@@H](NS(=O)(=O)N(C)C)C1. The number of hydrogen-bond acceptors (Lipinski definition) is 3. The zero-order chi connectivity index (χ0) is 13.9. The first-order valence-electron chi connectivity index (χ1n) is 6.22. The zero-order valence-electron chi connectivity index (χ0n) is 11.5. The lowest BCUT2D eigenvalue weighted by molar-refractivity contribution is -0.135. The molecule has 1 N–H and O–H groups in total. The van der Waals surface area contributed by atoms with Crippen LogP contribution in [0.25, 0.3) is 0 Å². The molecule has 1 atom stereocenters. The molecule has 0 spiro atoms. The van der Waals surface area contributed by atoms with Crippen molar-refractivity contribution in [3.8, 4) is 0 Å². The summed E-state index contributed by atoms with van der Waals surface area (Å²) >= 11 is 0. The van der Waals surface area contributed by atoms with Crippen LogP contribution >= 0.6 is 0 Å². The van der Waals surface area contributed by atoms with E-state index < -0.39 is 10.2 Å². The van der Waals surface area contributed by atoms with Gasteiger partial charge in [0.15, 0.2) is 0 Å². The Labute approximate surface area is 110 Å². The van der Waals surface area contributed by atoms with Crippen molar-refractivity contribution in [2.24, 2.45) is 5.92 Å². The molecule has 18 heavy (non-hydrogen) atoms. The standard InChI is InChI=1S/C11H23N3O3S/c1-9(2)11(15)14-7-5-6-10(8-14)12-18(16,17)13(3)4/h9-10,12H,5-8H2,1-4H3/t10-/m1/s1. The maximum absolute atomic E-state index is 11.9. The fraction of sp³-hybridized carbons (Fsp3) is 0.909. The molecule has 0 saturated carbocycles. The maximum atomic E-state index is 11.9. The predicted octanol–water partition coefficient (Wildman–Crippen LogP) is 0.0294. The second kappa shape index (κ2) is 5.99. The van der Waals surface area contributed by atoms with Gasteiger partial charge in [-0.1, -0.05) is 13.8 Å². The monoisotopic (exact) mass is 277 g/mol. The molecule has 1 saturated heterocycles. The number of rotatable bonds is 4. The normalized spacial score (nSPS) is 21.7. The number of carbonyl (C=O) groups is 1. The number of amides is 1. The van der Waals surface area contributed by atoms with Crippen LogP contribution < -0.4 is 4.72 Å². The van der Waals surface area contributed by atoms with Gasteiger partial charge in [0.05, 0.1) is 0 Å². The summed E-state index contributed by atoms with van der Waals surface area (Å²) in [4.78, 5) is 13.6. The zero-order valence-corrected chi connectivity index (χ0v) is 12.3. The molecule has 1 rings (SSSR count). The minimum Gasteiger partial charge on any atom is -0.341 e. The quantitative estimate of drug-likeness (QED) is 0.788. The van der Waals surface area contributed by atoms with Gasteiger partial charge in [-0.2, -0.15) is 17.4 Å². The topological polar surface area (TPSA) is 69.7 Å². The molecule has 6 nitrogen and oxygen atoms in total. The molecule has 1 aliphatic rings. The predicted molar refractivity (Wildman–Crippen MR) is 70.2 cm³/mol. The number of nitrogens with one attached hydrogen (secondary N) is 1. The number of likely N-dealkylation sites (tertiary alicyclic amines) is 1. The Bertz CT molecular complexity index is 392. The average molecular weight is 277 g/mol. The van der Waals surface area contributed by atoms with Crippen LogP contribution in [-0.4, -0.2) is 56.8 Å².